The highest BCUT2D eigenvalue weighted by Crippen LogP contribution is 2.36. The summed E-state index contributed by atoms with van der Waals surface area (Å²) in [7, 11) is 3.12. The summed E-state index contributed by atoms with van der Waals surface area (Å²) in [5.41, 5.74) is 2.44. The van der Waals surface area contributed by atoms with Gasteiger partial charge in [-0.25, -0.2) is 0 Å². The molecule has 0 fully saturated rings. The molecule has 2 aromatic carbocycles. The Kier molecular flexibility index (Phi) is 4.60. The number of para-hydroxylation sites is 1. The molecule has 0 radical (unpaired) electrons. The van der Waals surface area contributed by atoms with Gasteiger partial charge in [0.25, 0.3) is 5.91 Å². The predicted molar refractivity (Wildman–Crippen MR) is 90.8 cm³/mol. The number of hydrogen-bond acceptors (Lipinski definition) is 4. The van der Waals surface area contributed by atoms with Gasteiger partial charge in [-0.2, -0.15) is 0 Å². The van der Waals surface area contributed by atoms with Crippen molar-refractivity contribution in [1.29, 1.82) is 0 Å². The van der Waals surface area contributed by atoms with Crippen LogP contribution in [0.2, 0.25) is 0 Å². The zero-order valence-corrected chi connectivity index (χ0v) is 13.8. The van der Waals surface area contributed by atoms with Gasteiger partial charge in [0.1, 0.15) is 5.75 Å². The minimum Gasteiger partial charge on any atom is -0.504 e. The Bertz CT molecular complexity index is 757. The number of carbonyl (C=O) groups is 1. The van der Waals surface area contributed by atoms with E-state index in [1.807, 2.05) is 18.2 Å². The van der Waals surface area contributed by atoms with Gasteiger partial charge in [0, 0.05) is 0 Å². The van der Waals surface area contributed by atoms with Crippen LogP contribution in [0.1, 0.15) is 40.4 Å². The molecular formula is C19H21NO4. The first-order valence-corrected chi connectivity index (χ1v) is 7.98. The minimum absolute atomic E-state index is 0.0954. The fourth-order valence-corrected chi connectivity index (χ4v) is 3.26. The van der Waals surface area contributed by atoms with Gasteiger partial charge in [0.2, 0.25) is 0 Å². The van der Waals surface area contributed by atoms with Crippen LogP contribution in [0.5, 0.6) is 17.2 Å². The molecule has 2 aromatic rings. The number of phenols is 1. The van der Waals surface area contributed by atoms with Gasteiger partial charge in [-0.15, -0.1) is 0 Å². The number of hydrogen-bond donors (Lipinski definition) is 2. The number of aromatic hydroxyl groups is 1. The second-order valence-corrected chi connectivity index (χ2v) is 5.80. The van der Waals surface area contributed by atoms with E-state index >= 15 is 0 Å². The van der Waals surface area contributed by atoms with E-state index in [-0.39, 0.29) is 29.0 Å². The standard InChI is InChI=1S/C19H21NO4/c1-23-16-10-4-6-12-13(16)7-3-9-15(12)20-19(22)14-8-5-11-17(24-2)18(14)21/h4-6,8,10-11,15,21H,3,7,9H2,1-2H3,(H,20,22). The summed E-state index contributed by atoms with van der Waals surface area (Å²) in [6, 6.07) is 10.7. The molecule has 0 aliphatic heterocycles. The molecule has 0 saturated carbocycles. The van der Waals surface area contributed by atoms with Crippen LogP contribution in [0.4, 0.5) is 0 Å². The van der Waals surface area contributed by atoms with E-state index in [2.05, 4.69) is 5.32 Å². The summed E-state index contributed by atoms with van der Waals surface area (Å²) < 4.78 is 10.5. The Balaban J connectivity index is 1.87. The lowest BCUT2D eigenvalue weighted by Gasteiger charge is -2.27. The number of rotatable bonds is 4. The van der Waals surface area contributed by atoms with E-state index in [0.717, 1.165) is 36.1 Å². The smallest absolute Gasteiger partial charge is 0.255 e. The lowest BCUT2D eigenvalue weighted by molar-refractivity contribution is 0.0929. The molecule has 0 saturated heterocycles. The molecular weight excluding hydrogens is 306 g/mol. The Morgan fingerprint density at radius 2 is 1.83 bits per heavy atom. The molecule has 126 valence electrons. The van der Waals surface area contributed by atoms with Crippen LogP contribution in [-0.4, -0.2) is 25.2 Å². The van der Waals surface area contributed by atoms with Gasteiger partial charge in [-0.1, -0.05) is 18.2 Å². The summed E-state index contributed by atoms with van der Waals surface area (Å²) in [5, 5.41) is 13.2. The lowest BCUT2D eigenvalue weighted by atomic mass is 9.87. The molecule has 0 bridgehead atoms. The van der Waals surface area contributed by atoms with Crippen LogP contribution >= 0.6 is 0 Å². The molecule has 0 spiro atoms. The number of amides is 1. The SMILES string of the molecule is COc1cccc(C(=O)NC2CCCc3c(OC)cccc32)c1O. The minimum atomic E-state index is -0.313. The Labute approximate surface area is 141 Å². The average molecular weight is 327 g/mol. The van der Waals surface area contributed by atoms with Crippen LogP contribution in [0.15, 0.2) is 36.4 Å². The molecule has 1 unspecified atom stereocenters. The molecule has 5 nitrogen and oxygen atoms in total. The normalized spacial score (nSPS) is 16.2. The van der Waals surface area contributed by atoms with Crippen LogP contribution in [0.25, 0.3) is 0 Å². The highest BCUT2D eigenvalue weighted by atomic mass is 16.5. The maximum atomic E-state index is 12.6. The van der Waals surface area contributed by atoms with Crippen molar-refractivity contribution in [3.63, 3.8) is 0 Å². The Hall–Kier alpha value is -2.69. The van der Waals surface area contributed by atoms with E-state index < -0.39 is 0 Å². The number of ether oxygens (including phenoxy) is 2. The van der Waals surface area contributed by atoms with Crippen molar-refractivity contribution in [2.75, 3.05) is 14.2 Å². The summed E-state index contributed by atoms with van der Waals surface area (Å²) in [6.45, 7) is 0. The topological polar surface area (TPSA) is 67.8 Å². The van der Waals surface area contributed by atoms with Gasteiger partial charge < -0.3 is 19.9 Å². The van der Waals surface area contributed by atoms with Crippen LogP contribution < -0.4 is 14.8 Å². The summed E-state index contributed by atoms with van der Waals surface area (Å²) >= 11 is 0. The zero-order chi connectivity index (χ0) is 17.1. The van der Waals surface area contributed by atoms with Crippen molar-refractivity contribution in [1.82, 2.24) is 5.32 Å². The second-order valence-electron chi connectivity index (χ2n) is 5.80. The van der Waals surface area contributed by atoms with Crippen molar-refractivity contribution >= 4 is 5.91 Å². The van der Waals surface area contributed by atoms with E-state index in [0.29, 0.717) is 0 Å². The number of nitrogens with one attached hydrogen (secondary N) is 1. The summed E-state index contributed by atoms with van der Waals surface area (Å²) in [6.07, 6.45) is 2.77. The third kappa shape index (κ3) is 2.89. The van der Waals surface area contributed by atoms with Crippen molar-refractivity contribution in [3.8, 4) is 17.2 Å². The third-order valence-electron chi connectivity index (χ3n) is 4.45. The molecule has 0 aromatic heterocycles. The molecule has 2 N–H and O–H groups in total. The van der Waals surface area contributed by atoms with E-state index in [1.165, 1.54) is 7.11 Å². The largest absolute Gasteiger partial charge is 0.504 e. The van der Waals surface area contributed by atoms with Gasteiger partial charge in [-0.3, -0.25) is 4.79 Å². The molecule has 5 heteroatoms. The molecule has 1 amide bonds. The predicted octanol–water partition coefficient (Wildman–Crippen LogP) is 3.22. The number of phenolic OH excluding ortho intramolecular Hbond substituents is 1. The van der Waals surface area contributed by atoms with E-state index in [9.17, 15) is 9.90 Å². The van der Waals surface area contributed by atoms with Gasteiger partial charge in [-0.05, 0) is 48.6 Å². The van der Waals surface area contributed by atoms with Crippen LogP contribution in [-0.2, 0) is 6.42 Å². The molecule has 1 aliphatic rings. The first kappa shape index (κ1) is 16.2. The van der Waals surface area contributed by atoms with Crippen molar-refractivity contribution < 1.29 is 19.4 Å². The fourth-order valence-electron chi connectivity index (χ4n) is 3.26. The monoisotopic (exact) mass is 327 g/mol. The first-order chi connectivity index (χ1) is 11.7. The Morgan fingerprint density at radius 1 is 1.12 bits per heavy atom. The summed E-state index contributed by atoms with van der Waals surface area (Å²) in [5.74, 6) is 0.690. The lowest BCUT2D eigenvalue weighted by Crippen LogP contribution is -2.31. The van der Waals surface area contributed by atoms with Crippen LogP contribution in [0, 0.1) is 0 Å². The average Bonchev–Trinajstić information content (AvgIpc) is 2.61. The third-order valence-corrected chi connectivity index (χ3v) is 4.45. The maximum Gasteiger partial charge on any atom is 0.255 e. The number of carbonyl (C=O) groups excluding carboxylic acids is 1. The zero-order valence-electron chi connectivity index (χ0n) is 13.8. The fraction of sp³-hybridized carbons (Fsp3) is 0.316. The second kappa shape index (κ2) is 6.83. The van der Waals surface area contributed by atoms with Gasteiger partial charge in [0.15, 0.2) is 11.5 Å². The highest BCUT2D eigenvalue weighted by molar-refractivity contribution is 5.97. The molecule has 1 aliphatic carbocycles. The number of methoxy groups -OCH3 is 2. The van der Waals surface area contributed by atoms with Crippen molar-refractivity contribution in [2.45, 2.75) is 25.3 Å². The van der Waals surface area contributed by atoms with Crippen LogP contribution in [0.3, 0.4) is 0 Å². The van der Waals surface area contributed by atoms with E-state index in [4.69, 9.17) is 9.47 Å². The quantitative estimate of drug-likeness (QED) is 0.905. The first-order valence-electron chi connectivity index (χ1n) is 7.98. The molecule has 3 rings (SSSR count). The van der Waals surface area contributed by atoms with Crippen molar-refractivity contribution in [2.24, 2.45) is 0 Å². The molecule has 1 atom stereocenters. The Morgan fingerprint density at radius 3 is 2.58 bits per heavy atom. The number of benzene rings is 2. The van der Waals surface area contributed by atoms with Crippen molar-refractivity contribution in [3.05, 3.63) is 53.1 Å². The molecule has 24 heavy (non-hydrogen) atoms. The highest BCUT2D eigenvalue weighted by Gasteiger charge is 2.25. The van der Waals surface area contributed by atoms with Gasteiger partial charge >= 0.3 is 0 Å². The summed E-state index contributed by atoms with van der Waals surface area (Å²) in [4.78, 5) is 12.6. The maximum absolute atomic E-state index is 12.6. The van der Waals surface area contributed by atoms with Gasteiger partial charge in [0.05, 0.1) is 25.8 Å². The number of fused-ring (bicyclic) bond motifs is 1. The molecule has 0 heterocycles. The van der Waals surface area contributed by atoms with E-state index in [1.54, 1.807) is 25.3 Å².